The highest BCUT2D eigenvalue weighted by Gasteiger charge is 2.29. The molecule has 1 aliphatic heterocycles. The summed E-state index contributed by atoms with van der Waals surface area (Å²) >= 11 is 0. The second kappa shape index (κ2) is 6.93. The van der Waals surface area contributed by atoms with Crippen molar-refractivity contribution in [3.05, 3.63) is 17.2 Å². The number of fused-ring (bicyclic) bond motifs is 1. The van der Waals surface area contributed by atoms with Crippen molar-refractivity contribution < 1.29 is 8.42 Å². The van der Waals surface area contributed by atoms with E-state index >= 15 is 0 Å². The molecule has 1 saturated heterocycles. The summed E-state index contributed by atoms with van der Waals surface area (Å²) in [5.41, 5.74) is 2.60. The minimum absolute atomic E-state index is 0.270. The summed E-state index contributed by atoms with van der Waals surface area (Å²) in [6.07, 6.45) is 7.76. The van der Waals surface area contributed by atoms with Crippen molar-refractivity contribution >= 4 is 9.84 Å². The Hall–Kier alpha value is -0.880. The zero-order valence-electron chi connectivity index (χ0n) is 14.3. The SMILES string of the molecule is CC(C)S(=O)(=O)CCCN1CCC[C@H]1c1nc2c([nH]1)CCCC2. The monoisotopic (exact) mass is 339 g/mol. The van der Waals surface area contributed by atoms with Crippen LogP contribution in [0.1, 0.15) is 69.2 Å². The Bertz CT molecular complexity index is 613. The molecule has 0 radical (unpaired) electrons. The minimum atomic E-state index is -2.92. The molecular weight excluding hydrogens is 310 g/mol. The molecule has 1 aromatic heterocycles. The van der Waals surface area contributed by atoms with Gasteiger partial charge in [-0.3, -0.25) is 4.90 Å². The number of hydrogen-bond donors (Lipinski definition) is 1. The van der Waals surface area contributed by atoms with E-state index < -0.39 is 9.84 Å². The third-order valence-electron chi connectivity index (χ3n) is 5.24. The van der Waals surface area contributed by atoms with Crippen LogP contribution in [0.15, 0.2) is 0 Å². The molecule has 0 unspecified atom stereocenters. The molecule has 0 bridgehead atoms. The van der Waals surface area contributed by atoms with Gasteiger partial charge in [0.1, 0.15) is 5.82 Å². The summed E-state index contributed by atoms with van der Waals surface area (Å²) < 4.78 is 23.9. The predicted molar refractivity (Wildman–Crippen MR) is 92.3 cm³/mol. The van der Waals surface area contributed by atoms with Gasteiger partial charge in [0, 0.05) is 5.69 Å². The molecule has 130 valence electrons. The van der Waals surface area contributed by atoms with Crippen molar-refractivity contribution in [3.8, 4) is 0 Å². The molecule has 1 aromatic rings. The highest BCUT2D eigenvalue weighted by Crippen LogP contribution is 2.32. The molecule has 2 aliphatic rings. The lowest BCUT2D eigenvalue weighted by molar-refractivity contribution is 0.250. The number of rotatable bonds is 6. The Balaban J connectivity index is 1.61. The Morgan fingerprint density at radius 1 is 1.26 bits per heavy atom. The third-order valence-corrected chi connectivity index (χ3v) is 7.54. The number of hydrogen-bond acceptors (Lipinski definition) is 4. The lowest BCUT2D eigenvalue weighted by Gasteiger charge is -2.23. The zero-order valence-corrected chi connectivity index (χ0v) is 15.2. The van der Waals surface area contributed by atoms with Crippen LogP contribution in [0.4, 0.5) is 0 Å². The van der Waals surface area contributed by atoms with Crippen molar-refractivity contribution in [1.82, 2.24) is 14.9 Å². The van der Waals surface area contributed by atoms with Crippen LogP contribution < -0.4 is 0 Å². The fourth-order valence-electron chi connectivity index (χ4n) is 3.74. The molecule has 3 rings (SSSR count). The van der Waals surface area contributed by atoms with E-state index in [2.05, 4.69) is 9.88 Å². The van der Waals surface area contributed by atoms with Gasteiger partial charge in [-0.15, -0.1) is 0 Å². The molecule has 0 amide bonds. The molecule has 0 saturated carbocycles. The number of imidazole rings is 1. The molecule has 2 heterocycles. The van der Waals surface area contributed by atoms with Gasteiger partial charge in [0.25, 0.3) is 0 Å². The Labute approximate surface area is 139 Å². The molecule has 23 heavy (non-hydrogen) atoms. The first-order chi connectivity index (χ1) is 11.0. The fourth-order valence-corrected chi connectivity index (χ4v) is 4.74. The van der Waals surface area contributed by atoms with Crippen LogP contribution in [0.25, 0.3) is 0 Å². The van der Waals surface area contributed by atoms with Gasteiger partial charge in [0.05, 0.1) is 22.7 Å². The second-order valence-corrected chi connectivity index (χ2v) is 9.89. The van der Waals surface area contributed by atoms with Gasteiger partial charge in [0.15, 0.2) is 9.84 Å². The number of nitrogens with zero attached hydrogens (tertiary/aromatic N) is 2. The first kappa shape index (κ1) is 17.0. The maximum Gasteiger partial charge on any atom is 0.152 e. The molecule has 0 spiro atoms. The van der Waals surface area contributed by atoms with Crippen molar-refractivity contribution in [1.29, 1.82) is 0 Å². The molecule has 1 aliphatic carbocycles. The number of H-pyrrole nitrogens is 1. The van der Waals surface area contributed by atoms with E-state index in [0.29, 0.717) is 11.8 Å². The van der Waals surface area contributed by atoms with E-state index in [1.54, 1.807) is 13.8 Å². The molecule has 0 aromatic carbocycles. The predicted octanol–water partition coefficient (Wildman–Crippen LogP) is 2.64. The van der Waals surface area contributed by atoms with Crippen LogP contribution in [0.3, 0.4) is 0 Å². The fraction of sp³-hybridized carbons (Fsp3) is 0.824. The van der Waals surface area contributed by atoms with Gasteiger partial charge in [-0.2, -0.15) is 0 Å². The van der Waals surface area contributed by atoms with Gasteiger partial charge < -0.3 is 4.98 Å². The maximum absolute atomic E-state index is 12.0. The lowest BCUT2D eigenvalue weighted by atomic mass is 10.0. The second-order valence-electron chi connectivity index (χ2n) is 7.22. The maximum atomic E-state index is 12.0. The van der Waals surface area contributed by atoms with E-state index in [1.165, 1.54) is 30.7 Å². The Morgan fingerprint density at radius 3 is 2.78 bits per heavy atom. The van der Waals surface area contributed by atoms with Crippen LogP contribution in [0, 0.1) is 0 Å². The number of aromatic amines is 1. The summed E-state index contributed by atoms with van der Waals surface area (Å²) in [6, 6.07) is 0.349. The molecule has 1 atom stereocenters. The van der Waals surface area contributed by atoms with E-state index in [9.17, 15) is 8.42 Å². The molecule has 1 N–H and O–H groups in total. The summed E-state index contributed by atoms with van der Waals surface area (Å²) in [5.74, 6) is 1.41. The van der Waals surface area contributed by atoms with Gasteiger partial charge in [-0.05, 0) is 71.9 Å². The molecular formula is C17H29N3O2S. The van der Waals surface area contributed by atoms with Crippen molar-refractivity contribution in [3.63, 3.8) is 0 Å². The number of nitrogens with one attached hydrogen (secondary N) is 1. The van der Waals surface area contributed by atoms with Crippen LogP contribution in [0.5, 0.6) is 0 Å². The highest BCUT2D eigenvalue weighted by atomic mass is 32.2. The first-order valence-corrected chi connectivity index (χ1v) is 10.7. The summed E-state index contributed by atoms with van der Waals surface area (Å²) in [4.78, 5) is 10.8. The minimum Gasteiger partial charge on any atom is -0.344 e. The number of aromatic nitrogens is 2. The highest BCUT2D eigenvalue weighted by molar-refractivity contribution is 7.91. The first-order valence-electron chi connectivity index (χ1n) is 9.00. The normalized spacial score (nSPS) is 22.7. The van der Waals surface area contributed by atoms with E-state index in [-0.39, 0.29) is 5.25 Å². The third kappa shape index (κ3) is 3.79. The van der Waals surface area contributed by atoms with Crippen LogP contribution in [-0.4, -0.2) is 47.4 Å². The average Bonchev–Trinajstić information content (AvgIpc) is 3.12. The molecule has 1 fully saturated rings. The van der Waals surface area contributed by atoms with E-state index in [1.807, 2.05) is 0 Å². The van der Waals surface area contributed by atoms with Crippen molar-refractivity contribution in [2.75, 3.05) is 18.8 Å². The topological polar surface area (TPSA) is 66.1 Å². The van der Waals surface area contributed by atoms with E-state index in [0.717, 1.165) is 44.6 Å². The van der Waals surface area contributed by atoms with Gasteiger partial charge in [0.2, 0.25) is 0 Å². The molecule has 6 heteroatoms. The number of aryl methyl sites for hydroxylation is 2. The van der Waals surface area contributed by atoms with Crippen LogP contribution in [0.2, 0.25) is 0 Å². The van der Waals surface area contributed by atoms with Gasteiger partial charge in [-0.1, -0.05) is 0 Å². The largest absolute Gasteiger partial charge is 0.344 e. The summed E-state index contributed by atoms with van der Waals surface area (Å²) in [6.45, 7) is 5.43. The Kier molecular flexibility index (Phi) is 5.11. The number of likely N-dealkylation sites (tertiary alicyclic amines) is 1. The van der Waals surface area contributed by atoms with Crippen molar-refractivity contribution in [2.24, 2.45) is 0 Å². The van der Waals surface area contributed by atoms with Gasteiger partial charge in [-0.25, -0.2) is 13.4 Å². The van der Waals surface area contributed by atoms with Crippen LogP contribution >= 0.6 is 0 Å². The standard InChI is InChI=1S/C17H29N3O2S/c1-13(2)23(21,22)12-6-11-20-10-5-9-16(20)17-18-14-7-3-4-8-15(14)19-17/h13,16H,3-12H2,1-2H3,(H,18,19)/t16-/m0/s1. The van der Waals surface area contributed by atoms with Crippen LogP contribution in [-0.2, 0) is 22.7 Å². The smallest absolute Gasteiger partial charge is 0.152 e. The number of sulfone groups is 1. The average molecular weight is 340 g/mol. The Morgan fingerprint density at radius 2 is 2.04 bits per heavy atom. The summed E-state index contributed by atoms with van der Waals surface area (Å²) in [5, 5.41) is -0.270. The quantitative estimate of drug-likeness (QED) is 0.865. The van der Waals surface area contributed by atoms with Gasteiger partial charge >= 0.3 is 0 Å². The van der Waals surface area contributed by atoms with E-state index in [4.69, 9.17) is 4.98 Å². The lowest BCUT2D eigenvalue weighted by Crippen LogP contribution is -2.28. The zero-order chi connectivity index (χ0) is 16.4. The molecule has 5 nitrogen and oxygen atoms in total. The van der Waals surface area contributed by atoms with Crippen molar-refractivity contribution in [2.45, 2.75) is 70.1 Å². The summed E-state index contributed by atoms with van der Waals surface area (Å²) in [7, 11) is -2.92.